The Morgan fingerprint density at radius 3 is 1.42 bits per heavy atom. The van der Waals surface area contributed by atoms with Crippen LogP contribution < -0.4 is 10.6 Å². The molecule has 26 heavy (non-hydrogen) atoms. The van der Waals surface area contributed by atoms with Crippen molar-refractivity contribution >= 4 is 22.7 Å². The Balaban J connectivity index is 1.56. The summed E-state index contributed by atoms with van der Waals surface area (Å²) in [5, 5.41) is 12.4. The van der Waals surface area contributed by atoms with Crippen molar-refractivity contribution in [3.8, 4) is 0 Å². The largest absolute Gasteiger partial charge is 0.381 e. The van der Waals surface area contributed by atoms with E-state index in [2.05, 4.69) is 39.2 Å². The van der Waals surface area contributed by atoms with E-state index in [0.29, 0.717) is 24.5 Å². The normalized spacial score (nSPS) is 10.2. The molecule has 130 valence electrons. The molecule has 0 amide bonds. The summed E-state index contributed by atoms with van der Waals surface area (Å²) in [6.07, 6.45) is 0. The molecule has 6 heteroatoms. The van der Waals surface area contributed by atoms with Gasteiger partial charge >= 0.3 is 0 Å². The smallest absolute Gasteiger partial charge is 0.108 e. The van der Waals surface area contributed by atoms with Gasteiger partial charge in [-0.3, -0.25) is 0 Å². The Bertz CT molecular complexity index is 806. The highest BCUT2D eigenvalue weighted by atomic mass is 16.3. The number of nitrogens with one attached hydrogen (secondary N) is 2. The summed E-state index contributed by atoms with van der Waals surface area (Å²) < 4.78 is 0. The van der Waals surface area contributed by atoms with Crippen LogP contribution in [0, 0.1) is 9.81 Å². The van der Waals surface area contributed by atoms with E-state index in [4.69, 9.17) is 0 Å². The Morgan fingerprint density at radius 2 is 1.04 bits per heavy atom. The zero-order chi connectivity index (χ0) is 18.2. The first-order valence-corrected chi connectivity index (χ1v) is 8.19. The first-order valence-electron chi connectivity index (χ1n) is 8.19. The first-order chi connectivity index (χ1) is 12.8. The molecule has 3 rings (SSSR count). The minimum absolute atomic E-state index is 0.417. The number of anilines is 2. The molecule has 3 aromatic carbocycles. The van der Waals surface area contributed by atoms with Crippen molar-refractivity contribution in [3.63, 3.8) is 0 Å². The van der Waals surface area contributed by atoms with Crippen molar-refractivity contribution in [1.29, 1.82) is 0 Å². The van der Waals surface area contributed by atoms with E-state index in [1.54, 1.807) is 24.3 Å². The van der Waals surface area contributed by atoms with E-state index in [0.717, 1.165) is 22.5 Å². The highest BCUT2D eigenvalue weighted by molar-refractivity contribution is 5.52. The first kappa shape index (κ1) is 17.3. The highest BCUT2D eigenvalue weighted by Crippen LogP contribution is 2.18. The lowest BCUT2D eigenvalue weighted by atomic mass is 10.1. The second-order valence-electron chi connectivity index (χ2n) is 5.80. The van der Waals surface area contributed by atoms with E-state index in [1.165, 1.54) is 0 Å². The van der Waals surface area contributed by atoms with Gasteiger partial charge in [-0.05, 0) is 70.0 Å². The van der Waals surface area contributed by atoms with E-state index < -0.39 is 0 Å². The van der Waals surface area contributed by atoms with E-state index >= 15 is 0 Å². The van der Waals surface area contributed by atoms with Crippen LogP contribution in [0.3, 0.4) is 0 Å². The Kier molecular flexibility index (Phi) is 5.67. The average molecular weight is 346 g/mol. The quantitative estimate of drug-likeness (QED) is 0.512. The van der Waals surface area contributed by atoms with Crippen LogP contribution in [-0.4, -0.2) is 0 Å². The molecular weight excluding hydrogens is 328 g/mol. The second-order valence-corrected chi connectivity index (χ2v) is 5.80. The number of benzene rings is 3. The molecule has 0 aliphatic heterocycles. The van der Waals surface area contributed by atoms with Crippen LogP contribution in [0.15, 0.2) is 83.2 Å². The predicted molar refractivity (Wildman–Crippen MR) is 105 cm³/mol. The number of hydrogen-bond donors (Lipinski definition) is 2. The van der Waals surface area contributed by atoms with Gasteiger partial charge in [-0.1, -0.05) is 24.3 Å². The third kappa shape index (κ3) is 4.73. The fourth-order valence-corrected chi connectivity index (χ4v) is 2.54. The maximum Gasteiger partial charge on any atom is 0.108 e. The summed E-state index contributed by atoms with van der Waals surface area (Å²) in [5.74, 6) is 0. The van der Waals surface area contributed by atoms with Crippen LogP contribution >= 0.6 is 0 Å². The topological polar surface area (TPSA) is 82.9 Å². The average Bonchev–Trinajstić information content (AvgIpc) is 2.72. The summed E-state index contributed by atoms with van der Waals surface area (Å²) >= 11 is 0. The van der Waals surface area contributed by atoms with Gasteiger partial charge in [0.25, 0.3) is 0 Å². The molecule has 0 heterocycles. The molecule has 0 aromatic heterocycles. The molecule has 3 aromatic rings. The summed E-state index contributed by atoms with van der Waals surface area (Å²) in [6.45, 7) is 1.36. The fraction of sp³-hybridized carbons (Fsp3) is 0.100. The number of nitroso groups, excluding NO2 is 2. The minimum atomic E-state index is 0.417. The molecule has 0 atom stereocenters. The van der Waals surface area contributed by atoms with Gasteiger partial charge in [0.05, 0.1) is 0 Å². The van der Waals surface area contributed by atoms with Crippen LogP contribution in [0.2, 0.25) is 0 Å². The maximum atomic E-state index is 10.4. The lowest BCUT2D eigenvalue weighted by molar-refractivity contribution is 1.10. The molecule has 0 bridgehead atoms. The van der Waals surface area contributed by atoms with Gasteiger partial charge < -0.3 is 10.6 Å². The third-order valence-electron chi connectivity index (χ3n) is 3.93. The van der Waals surface area contributed by atoms with E-state index in [-0.39, 0.29) is 0 Å². The van der Waals surface area contributed by atoms with Gasteiger partial charge in [0.1, 0.15) is 11.4 Å². The lowest BCUT2D eigenvalue weighted by Crippen LogP contribution is -2.02. The molecule has 0 fully saturated rings. The molecule has 0 unspecified atom stereocenters. The molecular formula is C20H18N4O2. The predicted octanol–water partition coefficient (Wildman–Crippen LogP) is 5.71. The monoisotopic (exact) mass is 346 g/mol. The van der Waals surface area contributed by atoms with Gasteiger partial charge in [0.15, 0.2) is 0 Å². The fourth-order valence-electron chi connectivity index (χ4n) is 2.54. The number of hydrogen-bond acceptors (Lipinski definition) is 6. The molecule has 0 saturated heterocycles. The van der Waals surface area contributed by atoms with Crippen molar-refractivity contribution in [2.24, 2.45) is 10.4 Å². The van der Waals surface area contributed by atoms with Gasteiger partial charge in [0, 0.05) is 24.5 Å². The second kappa shape index (κ2) is 8.53. The van der Waals surface area contributed by atoms with Crippen molar-refractivity contribution in [2.75, 3.05) is 10.6 Å². The van der Waals surface area contributed by atoms with E-state index in [9.17, 15) is 9.81 Å². The van der Waals surface area contributed by atoms with Crippen molar-refractivity contribution in [1.82, 2.24) is 0 Å². The van der Waals surface area contributed by atoms with Gasteiger partial charge in [-0.15, -0.1) is 9.81 Å². The summed E-state index contributed by atoms with van der Waals surface area (Å²) in [4.78, 5) is 20.9. The van der Waals surface area contributed by atoms with Crippen LogP contribution in [-0.2, 0) is 13.1 Å². The Labute approximate surface area is 151 Å². The molecule has 0 saturated carbocycles. The SMILES string of the molecule is O=Nc1ccc(NCc2cccc(CNc3ccc(N=O)cc3)c2)cc1. The molecule has 6 nitrogen and oxygen atoms in total. The van der Waals surface area contributed by atoms with Crippen molar-refractivity contribution in [3.05, 3.63) is 93.7 Å². The Morgan fingerprint density at radius 1 is 0.615 bits per heavy atom. The van der Waals surface area contributed by atoms with Crippen molar-refractivity contribution in [2.45, 2.75) is 13.1 Å². The van der Waals surface area contributed by atoms with Crippen molar-refractivity contribution < 1.29 is 0 Å². The van der Waals surface area contributed by atoms with E-state index in [1.807, 2.05) is 30.3 Å². The van der Waals surface area contributed by atoms with Crippen LogP contribution in [0.4, 0.5) is 22.7 Å². The summed E-state index contributed by atoms with van der Waals surface area (Å²) in [5.41, 5.74) is 5.01. The van der Waals surface area contributed by atoms with Gasteiger partial charge in [-0.2, -0.15) is 0 Å². The number of nitrogens with zero attached hydrogens (tertiary/aromatic N) is 2. The molecule has 0 aliphatic rings. The lowest BCUT2D eigenvalue weighted by Gasteiger charge is -2.10. The summed E-state index contributed by atoms with van der Waals surface area (Å²) in [7, 11) is 0. The molecule has 0 spiro atoms. The molecule has 0 radical (unpaired) electrons. The summed E-state index contributed by atoms with van der Waals surface area (Å²) in [6, 6.07) is 22.3. The standard InChI is InChI=1S/C20H18N4O2/c25-23-19-8-4-17(5-9-19)21-13-15-2-1-3-16(12-15)14-22-18-6-10-20(24-26)11-7-18/h1-12,21-22H,13-14H2. The molecule has 0 aliphatic carbocycles. The van der Waals surface area contributed by atoms with Crippen LogP contribution in [0.5, 0.6) is 0 Å². The number of rotatable bonds is 8. The van der Waals surface area contributed by atoms with Gasteiger partial charge in [-0.25, -0.2) is 0 Å². The van der Waals surface area contributed by atoms with Crippen LogP contribution in [0.25, 0.3) is 0 Å². The Hall–Kier alpha value is -3.54. The zero-order valence-corrected chi connectivity index (χ0v) is 14.1. The maximum absolute atomic E-state index is 10.4. The van der Waals surface area contributed by atoms with Gasteiger partial charge in [0.2, 0.25) is 0 Å². The third-order valence-corrected chi connectivity index (χ3v) is 3.93. The van der Waals surface area contributed by atoms with Crippen LogP contribution in [0.1, 0.15) is 11.1 Å². The highest BCUT2D eigenvalue weighted by Gasteiger charge is 1.99. The molecule has 2 N–H and O–H groups in total. The zero-order valence-electron chi connectivity index (χ0n) is 14.1. The minimum Gasteiger partial charge on any atom is -0.381 e.